The fraction of sp³-hybridized carbons (Fsp3) is 0.231. The summed E-state index contributed by atoms with van der Waals surface area (Å²) in [6.07, 6.45) is 1.34. The van der Waals surface area contributed by atoms with E-state index in [0.29, 0.717) is 11.6 Å². The second-order valence-corrected chi connectivity index (χ2v) is 4.16. The summed E-state index contributed by atoms with van der Waals surface area (Å²) in [5.41, 5.74) is 2.20. The van der Waals surface area contributed by atoms with E-state index < -0.39 is 0 Å². The van der Waals surface area contributed by atoms with Gasteiger partial charge in [-0.2, -0.15) is 4.98 Å². The van der Waals surface area contributed by atoms with Crippen molar-refractivity contribution in [1.82, 2.24) is 9.97 Å². The zero-order valence-corrected chi connectivity index (χ0v) is 11.2. The van der Waals surface area contributed by atoms with Crippen molar-refractivity contribution in [3.8, 4) is 17.4 Å². The van der Waals surface area contributed by atoms with E-state index in [2.05, 4.69) is 9.97 Å². The molecule has 1 heterocycles. The van der Waals surface area contributed by atoms with Gasteiger partial charge in [-0.1, -0.05) is 23.7 Å². The number of methoxy groups -OCH3 is 1. The number of aryl methyl sites for hydroxylation is 1. The molecule has 2 rings (SSSR count). The van der Waals surface area contributed by atoms with Crippen molar-refractivity contribution >= 4 is 11.6 Å². The number of benzene rings is 1. The summed E-state index contributed by atoms with van der Waals surface area (Å²) < 4.78 is 10.9. The molecule has 0 bridgehead atoms. The number of halogens is 1. The Bertz CT molecular complexity index is 573. The first-order valence-corrected chi connectivity index (χ1v) is 5.80. The molecule has 5 heteroatoms. The Hall–Kier alpha value is -1.81. The van der Waals surface area contributed by atoms with Crippen LogP contribution < -0.4 is 9.47 Å². The third-order valence-electron chi connectivity index (χ3n) is 2.69. The van der Waals surface area contributed by atoms with Crippen molar-refractivity contribution in [1.29, 1.82) is 0 Å². The lowest BCUT2D eigenvalue weighted by Gasteiger charge is -2.12. The molecule has 0 saturated heterocycles. The first-order valence-electron chi connectivity index (χ1n) is 5.42. The Morgan fingerprint density at radius 1 is 1.17 bits per heavy atom. The molecule has 0 spiro atoms. The van der Waals surface area contributed by atoms with Gasteiger partial charge < -0.3 is 9.47 Å². The van der Waals surface area contributed by atoms with Gasteiger partial charge in [0.25, 0.3) is 5.88 Å². The molecule has 0 atom stereocenters. The van der Waals surface area contributed by atoms with E-state index in [0.717, 1.165) is 16.9 Å². The molecule has 94 valence electrons. The second kappa shape index (κ2) is 5.23. The summed E-state index contributed by atoms with van der Waals surface area (Å²) in [5, 5.41) is 0.229. The van der Waals surface area contributed by atoms with Crippen LogP contribution in [0.25, 0.3) is 0 Å². The highest BCUT2D eigenvalue weighted by Crippen LogP contribution is 2.35. The monoisotopic (exact) mass is 264 g/mol. The highest BCUT2D eigenvalue weighted by molar-refractivity contribution is 6.31. The number of rotatable bonds is 3. The zero-order valence-electron chi connectivity index (χ0n) is 10.4. The van der Waals surface area contributed by atoms with Crippen LogP contribution in [0.5, 0.6) is 17.4 Å². The minimum absolute atomic E-state index is 0.229. The van der Waals surface area contributed by atoms with Crippen molar-refractivity contribution in [2.75, 3.05) is 7.11 Å². The maximum atomic E-state index is 5.91. The van der Waals surface area contributed by atoms with Gasteiger partial charge in [-0.25, -0.2) is 4.98 Å². The quantitative estimate of drug-likeness (QED) is 0.796. The molecule has 0 radical (unpaired) electrons. The number of nitrogens with zero attached hydrogens (tertiary/aromatic N) is 2. The maximum Gasteiger partial charge on any atom is 0.267 e. The Morgan fingerprint density at radius 3 is 2.67 bits per heavy atom. The lowest BCUT2D eigenvalue weighted by atomic mass is 10.1. The molecule has 0 amide bonds. The average molecular weight is 265 g/mol. The Kier molecular flexibility index (Phi) is 3.67. The van der Waals surface area contributed by atoms with Crippen molar-refractivity contribution in [2.45, 2.75) is 13.8 Å². The topological polar surface area (TPSA) is 44.2 Å². The van der Waals surface area contributed by atoms with Crippen LogP contribution >= 0.6 is 11.6 Å². The van der Waals surface area contributed by atoms with E-state index in [1.165, 1.54) is 13.4 Å². The molecular weight excluding hydrogens is 252 g/mol. The Labute approximate surface area is 111 Å². The lowest BCUT2D eigenvalue weighted by Crippen LogP contribution is -1.97. The standard InChI is InChI=1S/C13H13ClN2O2/c1-8-5-4-6-10(9(8)2)18-13-11(17-3)12(14)15-7-16-13/h4-7H,1-3H3. The van der Waals surface area contributed by atoms with E-state index in [-0.39, 0.29) is 5.15 Å². The zero-order chi connectivity index (χ0) is 13.1. The van der Waals surface area contributed by atoms with Crippen LogP contribution in [-0.4, -0.2) is 17.1 Å². The van der Waals surface area contributed by atoms with Crippen molar-refractivity contribution in [3.63, 3.8) is 0 Å². The SMILES string of the molecule is COc1c(Cl)ncnc1Oc1cccc(C)c1C. The molecule has 0 fully saturated rings. The summed E-state index contributed by atoms with van der Waals surface area (Å²) in [7, 11) is 1.50. The van der Waals surface area contributed by atoms with Gasteiger partial charge in [0.05, 0.1) is 7.11 Å². The molecule has 18 heavy (non-hydrogen) atoms. The highest BCUT2D eigenvalue weighted by Gasteiger charge is 2.13. The summed E-state index contributed by atoms with van der Waals surface area (Å²) >= 11 is 5.91. The normalized spacial score (nSPS) is 10.2. The molecule has 0 aliphatic rings. The summed E-state index contributed by atoms with van der Waals surface area (Å²) in [6, 6.07) is 5.82. The lowest BCUT2D eigenvalue weighted by molar-refractivity contribution is 0.366. The predicted octanol–water partition coefficient (Wildman–Crippen LogP) is 3.55. The molecule has 0 saturated carbocycles. The fourth-order valence-corrected chi connectivity index (χ4v) is 1.72. The first-order chi connectivity index (χ1) is 8.63. The summed E-state index contributed by atoms with van der Waals surface area (Å²) in [4.78, 5) is 7.88. The highest BCUT2D eigenvalue weighted by atomic mass is 35.5. The molecule has 0 aliphatic carbocycles. The third-order valence-corrected chi connectivity index (χ3v) is 2.96. The van der Waals surface area contributed by atoms with Crippen LogP contribution in [0.2, 0.25) is 5.15 Å². The smallest absolute Gasteiger partial charge is 0.267 e. The molecule has 0 aliphatic heterocycles. The number of aromatic nitrogens is 2. The van der Waals surface area contributed by atoms with E-state index >= 15 is 0 Å². The second-order valence-electron chi connectivity index (χ2n) is 3.80. The van der Waals surface area contributed by atoms with Gasteiger partial charge in [-0.3, -0.25) is 0 Å². The van der Waals surface area contributed by atoms with Crippen LogP contribution in [0.15, 0.2) is 24.5 Å². The molecule has 1 aromatic heterocycles. The van der Waals surface area contributed by atoms with Gasteiger partial charge in [-0.15, -0.1) is 0 Å². The van der Waals surface area contributed by atoms with Crippen molar-refractivity contribution in [3.05, 3.63) is 40.8 Å². The van der Waals surface area contributed by atoms with Gasteiger partial charge in [0.15, 0.2) is 5.15 Å². The Balaban J connectivity index is 2.40. The molecular formula is C13H13ClN2O2. The predicted molar refractivity (Wildman–Crippen MR) is 69.6 cm³/mol. The van der Waals surface area contributed by atoms with E-state index in [1.807, 2.05) is 32.0 Å². The van der Waals surface area contributed by atoms with E-state index in [1.54, 1.807) is 0 Å². The largest absolute Gasteiger partial charge is 0.489 e. The summed E-state index contributed by atoms with van der Waals surface area (Å²) in [6.45, 7) is 4.01. The molecule has 0 N–H and O–H groups in total. The first kappa shape index (κ1) is 12.6. The van der Waals surface area contributed by atoms with E-state index in [9.17, 15) is 0 Å². The van der Waals surface area contributed by atoms with Crippen molar-refractivity contribution < 1.29 is 9.47 Å². The van der Waals surface area contributed by atoms with Gasteiger partial charge >= 0.3 is 0 Å². The van der Waals surface area contributed by atoms with Gasteiger partial charge in [0, 0.05) is 0 Å². The summed E-state index contributed by atoms with van der Waals surface area (Å²) in [5.74, 6) is 1.37. The van der Waals surface area contributed by atoms with Crippen molar-refractivity contribution in [2.24, 2.45) is 0 Å². The van der Waals surface area contributed by atoms with Crippen LogP contribution in [0.4, 0.5) is 0 Å². The average Bonchev–Trinajstić information content (AvgIpc) is 2.35. The van der Waals surface area contributed by atoms with Gasteiger partial charge in [-0.05, 0) is 31.0 Å². The number of hydrogen-bond acceptors (Lipinski definition) is 4. The Morgan fingerprint density at radius 2 is 1.94 bits per heavy atom. The molecule has 2 aromatic rings. The van der Waals surface area contributed by atoms with Crippen LogP contribution in [0.3, 0.4) is 0 Å². The van der Waals surface area contributed by atoms with Crippen LogP contribution in [0, 0.1) is 13.8 Å². The number of hydrogen-bond donors (Lipinski definition) is 0. The van der Waals surface area contributed by atoms with Crippen LogP contribution in [-0.2, 0) is 0 Å². The van der Waals surface area contributed by atoms with Crippen LogP contribution in [0.1, 0.15) is 11.1 Å². The third kappa shape index (κ3) is 2.38. The van der Waals surface area contributed by atoms with E-state index in [4.69, 9.17) is 21.1 Å². The van der Waals surface area contributed by atoms with Gasteiger partial charge in [0.1, 0.15) is 12.1 Å². The molecule has 0 unspecified atom stereocenters. The van der Waals surface area contributed by atoms with Gasteiger partial charge in [0.2, 0.25) is 5.75 Å². The molecule has 1 aromatic carbocycles. The fourth-order valence-electron chi connectivity index (χ4n) is 1.52. The maximum absolute atomic E-state index is 5.91. The number of ether oxygens (including phenoxy) is 2. The minimum Gasteiger partial charge on any atom is -0.489 e. The molecule has 4 nitrogen and oxygen atoms in total. The minimum atomic E-state index is 0.229.